The number of aryl methyl sites for hydroxylation is 1. The number of carbonyl (C=O) groups is 1. The number of alkyl halides is 3. The van der Waals surface area contributed by atoms with E-state index in [1.54, 1.807) is 42.5 Å². The number of amides is 1. The number of fused-ring (bicyclic) bond motifs is 1. The normalized spacial score (nSPS) is 11.8. The van der Waals surface area contributed by atoms with Crippen molar-refractivity contribution < 1.29 is 18.0 Å². The van der Waals surface area contributed by atoms with Crippen LogP contribution in [-0.2, 0) is 13.2 Å². The summed E-state index contributed by atoms with van der Waals surface area (Å²) in [4.78, 5) is 20.3. The Balaban J connectivity index is 1.74. The van der Waals surface area contributed by atoms with Crippen LogP contribution in [0.1, 0.15) is 16.1 Å². The van der Waals surface area contributed by atoms with Gasteiger partial charge in [0, 0.05) is 17.6 Å². The Morgan fingerprint density at radius 1 is 1.17 bits per heavy atom. The van der Waals surface area contributed by atoms with Crippen molar-refractivity contribution >= 4 is 45.8 Å². The van der Waals surface area contributed by atoms with Crippen molar-refractivity contribution in [3.05, 3.63) is 63.9 Å². The minimum absolute atomic E-state index is 0.251. The van der Waals surface area contributed by atoms with Crippen LogP contribution in [0.4, 0.5) is 18.9 Å². The zero-order chi connectivity index (χ0) is 21.6. The third kappa shape index (κ3) is 3.61. The first kappa shape index (κ1) is 20.2. The smallest absolute Gasteiger partial charge is 0.338 e. The highest BCUT2D eigenvalue weighted by molar-refractivity contribution is 6.33. The molecule has 0 radical (unpaired) electrons. The number of halogens is 5. The van der Waals surface area contributed by atoms with E-state index in [0.717, 1.165) is 4.68 Å². The third-order valence-corrected chi connectivity index (χ3v) is 5.02. The number of hydrogen-bond donors (Lipinski definition) is 2. The lowest BCUT2D eigenvalue weighted by molar-refractivity contribution is -0.141. The molecule has 0 saturated carbocycles. The van der Waals surface area contributed by atoms with Crippen LogP contribution in [0.3, 0.4) is 0 Å². The molecule has 0 atom stereocenters. The monoisotopic (exact) mass is 453 g/mol. The van der Waals surface area contributed by atoms with E-state index in [1.807, 2.05) is 0 Å². The molecular weight excluding hydrogens is 442 g/mol. The second-order valence-corrected chi connectivity index (χ2v) is 7.18. The summed E-state index contributed by atoms with van der Waals surface area (Å²) in [5.41, 5.74) is -0.0628. The highest BCUT2D eigenvalue weighted by Gasteiger charge is 2.41. The number of para-hydroxylation sites is 1. The standard InChI is InChI=1S/C19H12Cl2F3N5O/c1-29-16(21)14(15(28-29)19(22,23)24)18(30)27-11-5-3-2-4-10(11)17-25-12-7-6-9(20)8-13(12)26-17/h2-8H,1H3,(H,25,26)(H,27,30). The van der Waals surface area contributed by atoms with Crippen LogP contribution >= 0.6 is 23.2 Å². The molecule has 6 nitrogen and oxygen atoms in total. The third-order valence-electron chi connectivity index (χ3n) is 4.35. The Bertz CT molecular complexity index is 1280. The Kier molecular flexibility index (Phi) is 4.95. The van der Waals surface area contributed by atoms with Gasteiger partial charge in [0.2, 0.25) is 0 Å². The van der Waals surface area contributed by atoms with Crippen LogP contribution in [-0.4, -0.2) is 25.7 Å². The first-order chi connectivity index (χ1) is 14.1. The number of carbonyl (C=O) groups excluding carboxylic acids is 1. The Morgan fingerprint density at radius 2 is 1.90 bits per heavy atom. The van der Waals surface area contributed by atoms with Gasteiger partial charge in [-0.25, -0.2) is 4.98 Å². The van der Waals surface area contributed by atoms with Gasteiger partial charge in [-0.15, -0.1) is 0 Å². The van der Waals surface area contributed by atoms with E-state index in [1.165, 1.54) is 7.05 Å². The Morgan fingerprint density at radius 3 is 2.63 bits per heavy atom. The topological polar surface area (TPSA) is 75.6 Å². The molecule has 2 heterocycles. The summed E-state index contributed by atoms with van der Waals surface area (Å²) in [7, 11) is 1.22. The minimum Gasteiger partial charge on any atom is -0.338 e. The molecule has 0 fully saturated rings. The fraction of sp³-hybridized carbons (Fsp3) is 0.105. The number of benzene rings is 2. The van der Waals surface area contributed by atoms with Crippen molar-refractivity contribution in [1.82, 2.24) is 19.7 Å². The first-order valence-electron chi connectivity index (χ1n) is 8.51. The molecule has 0 aliphatic carbocycles. The van der Waals surface area contributed by atoms with E-state index in [4.69, 9.17) is 23.2 Å². The van der Waals surface area contributed by atoms with Crippen molar-refractivity contribution in [3.63, 3.8) is 0 Å². The molecule has 1 amide bonds. The fourth-order valence-corrected chi connectivity index (χ4v) is 3.38. The predicted molar refractivity (Wildman–Crippen MR) is 108 cm³/mol. The molecule has 4 rings (SSSR count). The van der Waals surface area contributed by atoms with Gasteiger partial charge in [0.15, 0.2) is 5.69 Å². The molecule has 2 N–H and O–H groups in total. The van der Waals surface area contributed by atoms with Crippen LogP contribution in [0, 0.1) is 0 Å². The number of hydrogen-bond acceptors (Lipinski definition) is 3. The molecule has 0 saturated heterocycles. The van der Waals surface area contributed by atoms with Gasteiger partial charge >= 0.3 is 6.18 Å². The second kappa shape index (κ2) is 7.33. The summed E-state index contributed by atoms with van der Waals surface area (Å²) in [5.74, 6) is -0.622. The van der Waals surface area contributed by atoms with Crippen LogP contribution in [0.25, 0.3) is 22.4 Å². The average Bonchev–Trinajstić information content (AvgIpc) is 3.22. The SMILES string of the molecule is Cn1nc(C(F)(F)F)c(C(=O)Nc2ccccc2-c2nc3ccc(Cl)cc3[nH]2)c1Cl. The molecule has 2 aromatic carbocycles. The molecule has 0 aliphatic rings. The van der Waals surface area contributed by atoms with Gasteiger partial charge in [0.25, 0.3) is 5.91 Å². The number of nitrogens with one attached hydrogen (secondary N) is 2. The molecule has 4 aromatic rings. The molecular formula is C19H12Cl2F3N5O. The zero-order valence-corrected chi connectivity index (χ0v) is 16.7. The molecule has 0 unspecified atom stereocenters. The minimum atomic E-state index is -4.84. The number of rotatable bonds is 3. The van der Waals surface area contributed by atoms with E-state index in [-0.39, 0.29) is 5.69 Å². The van der Waals surface area contributed by atoms with E-state index < -0.39 is 28.5 Å². The van der Waals surface area contributed by atoms with Crippen LogP contribution < -0.4 is 5.32 Å². The molecule has 0 aliphatic heterocycles. The first-order valence-corrected chi connectivity index (χ1v) is 9.26. The molecule has 0 spiro atoms. The number of imidazole rings is 1. The highest BCUT2D eigenvalue weighted by atomic mass is 35.5. The van der Waals surface area contributed by atoms with E-state index in [2.05, 4.69) is 20.4 Å². The lowest BCUT2D eigenvalue weighted by atomic mass is 10.1. The van der Waals surface area contributed by atoms with Crippen molar-refractivity contribution in [2.24, 2.45) is 7.05 Å². The number of aromatic amines is 1. The zero-order valence-electron chi connectivity index (χ0n) is 15.2. The summed E-state index contributed by atoms with van der Waals surface area (Å²) in [5, 5.41) is 5.91. The van der Waals surface area contributed by atoms with Crippen LogP contribution in [0.2, 0.25) is 10.2 Å². The lowest BCUT2D eigenvalue weighted by Gasteiger charge is -2.11. The summed E-state index contributed by atoms with van der Waals surface area (Å²) in [6, 6.07) is 11.7. The number of H-pyrrole nitrogens is 1. The molecule has 2 aromatic heterocycles. The second-order valence-electron chi connectivity index (χ2n) is 6.38. The Hall–Kier alpha value is -3.04. The van der Waals surface area contributed by atoms with Crippen molar-refractivity contribution in [2.45, 2.75) is 6.18 Å². The van der Waals surface area contributed by atoms with Crippen LogP contribution in [0.15, 0.2) is 42.5 Å². The van der Waals surface area contributed by atoms with Gasteiger partial charge in [0.05, 0.1) is 16.7 Å². The van der Waals surface area contributed by atoms with Gasteiger partial charge in [0.1, 0.15) is 16.5 Å². The maximum absolute atomic E-state index is 13.3. The highest BCUT2D eigenvalue weighted by Crippen LogP contribution is 2.35. The van der Waals surface area contributed by atoms with E-state index in [0.29, 0.717) is 27.4 Å². The number of anilines is 1. The summed E-state index contributed by atoms with van der Waals surface area (Å²) in [6.45, 7) is 0. The number of aromatic nitrogens is 4. The molecule has 30 heavy (non-hydrogen) atoms. The largest absolute Gasteiger partial charge is 0.436 e. The van der Waals surface area contributed by atoms with Gasteiger partial charge < -0.3 is 10.3 Å². The fourth-order valence-electron chi connectivity index (χ4n) is 3.00. The van der Waals surface area contributed by atoms with Gasteiger partial charge in [-0.1, -0.05) is 35.3 Å². The molecule has 11 heteroatoms. The molecule has 154 valence electrons. The average molecular weight is 454 g/mol. The quantitative estimate of drug-likeness (QED) is 0.427. The summed E-state index contributed by atoms with van der Waals surface area (Å²) in [6.07, 6.45) is -4.84. The predicted octanol–water partition coefficient (Wildman–Crippen LogP) is 5.54. The van der Waals surface area contributed by atoms with Gasteiger partial charge in [-0.05, 0) is 30.3 Å². The summed E-state index contributed by atoms with van der Waals surface area (Å²) < 4.78 is 40.7. The van der Waals surface area contributed by atoms with E-state index in [9.17, 15) is 18.0 Å². The Labute approximate surface area is 177 Å². The maximum atomic E-state index is 13.3. The van der Waals surface area contributed by atoms with Gasteiger partial charge in [-0.2, -0.15) is 18.3 Å². The molecule has 0 bridgehead atoms. The van der Waals surface area contributed by atoms with Crippen molar-refractivity contribution in [2.75, 3.05) is 5.32 Å². The summed E-state index contributed by atoms with van der Waals surface area (Å²) >= 11 is 11.9. The number of nitrogens with zero attached hydrogens (tertiary/aromatic N) is 3. The van der Waals surface area contributed by atoms with E-state index >= 15 is 0 Å². The van der Waals surface area contributed by atoms with Crippen LogP contribution in [0.5, 0.6) is 0 Å². The van der Waals surface area contributed by atoms with Gasteiger partial charge in [-0.3, -0.25) is 9.48 Å². The van der Waals surface area contributed by atoms with Crippen molar-refractivity contribution in [3.8, 4) is 11.4 Å². The maximum Gasteiger partial charge on any atom is 0.436 e. The lowest BCUT2D eigenvalue weighted by Crippen LogP contribution is -2.18. The van der Waals surface area contributed by atoms with Crippen molar-refractivity contribution in [1.29, 1.82) is 0 Å².